The maximum Gasteiger partial charge on any atom is 0.309 e. The minimum atomic E-state index is -0.847. The highest BCUT2D eigenvalue weighted by atomic mass is 16.4. The van der Waals surface area contributed by atoms with E-state index >= 15 is 0 Å². The third-order valence-electron chi connectivity index (χ3n) is 3.72. The lowest BCUT2D eigenvalue weighted by Crippen LogP contribution is -2.45. The molecule has 1 amide bonds. The molecule has 0 saturated carbocycles. The summed E-state index contributed by atoms with van der Waals surface area (Å²) in [6.45, 7) is 5.01. The molecule has 2 heterocycles. The Morgan fingerprint density at radius 1 is 1.47 bits per heavy atom. The molecule has 1 aliphatic heterocycles. The summed E-state index contributed by atoms with van der Waals surface area (Å²) in [6, 6.07) is 1.40. The Balaban J connectivity index is 2.44. The van der Waals surface area contributed by atoms with Gasteiger partial charge in [-0.3, -0.25) is 14.3 Å². The second-order valence-electron chi connectivity index (χ2n) is 4.68. The monoisotopic (exact) mass is 265 g/mol. The van der Waals surface area contributed by atoms with Crippen molar-refractivity contribution >= 4 is 11.9 Å². The van der Waals surface area contributed by atoms with Crippen LogP contribution in [0.25, 0.3) is 0 Å². The number of aryl methyl sites for hydroxylation is 1. The molecule has 1 N–H and O–H groups in total. The second kappa shape index (κ2) is 5.42. The van der Waals surface area contributed by atoms with E-state index in [-0.39, 0.29) is 5.91 Å². The van der Waals surface area contributed by atoms with Crippen molar-refractivity contribution in [1.29, 1.82) is 0 Å². The minimum Gasteiger partial charge on any atom is -0.481 e. The summed E-state index contributed by atoms with van der Waals surface area (Å²) in [5.74, 6) is -1.38. The Morgan fingerprint density at radius 3 is 2.79 bits per heavy atom. The van der Waals surface area contributed by atoms with Crippen molar-refractivity contribution in [3.63, 3.8) is 0 Å². The third kappa shape index (κ3) is 2.34. The van der Waals surface area contributed by atoms with Crippen molar-refractivity contribution in [3.8, 4) is 0 Å². The molecular weight excluding hydrogens is 246 g/mol. The van der Waals surface area contributed by atoms with E-state index < -0.39 is 17.9 Å². The number of hydrogen-bond acceptors (Lipinski definition) is 3. The van der Waals surface area contributed by atoms with Gasteiger partial charge in [-0.1, -0.05) is 0 Å². The lowest BCUT2D eigenvalue weighted by molar-refractivity contribution is -0.152. The van der Waals surface area contributed by atoms with Gasteiger partial charge in [0.15, 0.2) is 0 Å². The summed E-state index contributed by atoms with van der Waals surface area (Å²) < 4.78 is 1.77. The molecule has 6 heteroatoms. The van der Waals surface area contributed by atoms with E-state index in [1.54, 1.807) is 15.8 Å². The largest absolute Gasteiger partial charge is 0.481 e. The van der Waals surface area contributed by atoms with Crippen LogP contribution >= 0.6 is 0 Å². The zero-order chi connectivity index (χ0) is 14.0. The number of hydrogen-bond donors (Lipinski definition) is 1. The lowest BCUT2D eigenvalue weighted by atomic mass is 9.86. The number of amides is 1. The standard InChI is InChI=1S/C13H19N3O3/c1-3-15-11(17)6-5-9(13(18)19)12(15)10-7-8-14-16(10)4-2/h7-9,12H,3-6H2,1-2H3,(H,18,19). The molecule has 2 rings (SSSR count). The number of likely N-dealkylation sites (tertiary alicyclic amines) is 1. The van der Waals surface area contributed by atoms with Crippen molar-refractivity contribution in [2.45, 2.75) is 39.3 Å². The van der Waals surface area contributed by atoms with Gasteiger partial charge in [0.25, 0.3) is 0 Å². The number of carboxylic acid groups (broad SMARTS) is 1. The van der Waals surface area contributed by atoms with E-state index in [2.05, 4.69) is 5.10 Å². The SMILES string of the molecule is CCN1C(=O)CCC(C(=O)O)C1c1ccnn1CC. The third-order valence-corrected chi connectivity index (χ3v) is 3.72. The Bertz CT molecular complexity index is 481. The first-order chi connectivity index (χ1) is 9.10. The van der Waals surface area contributed by atoms with Crippen molar-refractivity contribution in [3.05, 3.63) is 18.0 Å². The van der Waals surface area contributed by atoms with Crippen LogP contribution in [0.1, 0.15) is 38.4 Å². The molecule has 2 unspecified atom stereocenters. The summed E-state index contributed by atoms with van der Waals surface area (Å²) in [6.07, 6.45) is 2.36. The van der Waals surface area contributed by atoms with Gasteiger partial charge in [0.1, 0.15) is 0 Å². The average molecular weight is 265 g/mol. The van der Waals surface area contributed by atoms with Gasteiger partial charge in [-0.05, 0) is 26.3 Å². The summed E-state index contributed by atoms with van der Waals surface area (Å²) in [7, 11) is 0. The first-order valence-electron chi connectivity index (χ1n) is 6.64. The van der Waals surface area contributed by atoms with Gasteiger partial charge in [-0.15, -0.1) is 0 Å². The van der Waals surface area contributed by atoms with E-state index in [1.807, 2.05) is 19.9 Å². The minimum absolute atomic E-state index is 0.0221. The van der Waals surface area contributed by atoms with Crippen molar-refractivity contribution < 1.29 is 14.7 Å². The maximum absolute atomic E-state index is 12.0. The molecule has 1 aromatic heterocycles. The van der Waals surface area contributed by atoms with Crippen molar-refractivity contribution in [2.75, 3.05) is 6.54 Å². The topological polar surface area (TPSA) is 75.4 Å². The second-order valence-corrected chi connectivity index (χ2v) is 4.68. The van der Waals surface area contributed by atoms with E-state index in [0.717, 1.165) is 5.69 Å². The van der Waals surface area contributed by atoms with Crippen LogP contribution in [-0.4, -0.2) is 38.2 Å². The zero-order valence-electron chi connectivity index (χ0n) is 11.2. The van der Waals surface area contributed by atoms with Gasteiger partial charge in [0.2, 0.25) is 5.91 Å². The van der Waals surface area contributed by atoms with Crippen LogP contribution in [0.2, 0.25) is 0 Å². The molecule has 0 bridgehead atoms. The van der Waals surface area contributed by atoms with E-state index in [0.29, 0.717) is 25.9 Å². The smallest absolute Gasteiger partial charge is 0.309 e. The number of aliphatic carboxylic acids is 1. The van der Waals surface area contributed by atoms with Gasteiger partial charge >= 0.3 is 5.97 Å². The Kier molecular flexibility index (Phi) is 3.87. The highest BCUT2D eigenvalue weighted by molar-refractivity contribution is 5.81. The van der Waals surface area contributed by atoms with Crippen LogP contribution in [0.4, 0.5) is 0 Å². The van der Waals surface area contributed by atoms with Gasteiger partial charge in [-0.25, -0.2) is 0 Å². The van der Waals surface area contributed by atoms with Gasteiger partial charge in [-0.2, -0.15) is 5.10 Å². The van der Waals surface area contributed by atoms with E-state index in [1.165, 1.54) is 0 Å². The fourth-order valence-electron chi connectivity index (χ4n) is 2.81. The number of carbonyl (C=O) groups is 2. The van der Waals surface area contributed by atoms with Crippen molar-refractivity contribution in [1.82, 2.24) is 14.7 Å². The van der Waals surface area contributed by atoms with Gasteiger partial charge < -0.3 is 10.0 Å². The fourth-order valence-corrected chi connectivity index (χ4v) is 2.81. The van der Waals surface area contributed by atoms with E-state index in [9.17, 15) is 14.7 Å². The molecule has 19 heavy (non-hydrogen) atoms. The maximum atomic E-state index is 12.0. The molecule has 2 atom stereocenters. The van der Waals surface area contributed by atoms with Crippen LogP contribution in [0.3, 0.4) is 0 Å². The first-order valence-corrected chi connectivity index (χ1v) is 6.64. The predicted octanol–water partition coefficient (Wildman–Crippen LogP) is 1.29. The molecule has 1 aromatic rings. The number of rotatable bonds is 4. The van der Waals surface area contributed by atoms with Crippen LogP contribution in [0.15, 0.2) is 12.3 Å². The van der Waals surface area contributed by atoms with Gasteiger partial charge in [0, 0.05) is 25.7 Å². The molecule has 104 valence electrons. The number of aromatic nitrogens is 2. The highest BCUT2D eigenvalue weighted by Crippen LogP contribution is 2.36. The van der Waals surface area contributed by atoms with Crippen molar-refractivity contribution in [2.24, 2.45) is 5.92 Å². The molecular formula is C13H19N3O3. The first kappa shape index (κ1) is 13.6. The predicted molar refractivity (Wildman–Crippen MR) is 68.4 cm³/mol. The number of carboxylic acids is 1. The molecule has 0 aliphatic carbocycles. The van der Waals surface area contributed by atoms with Crippen LogP contribution in [-0.2, 0) is 16.1 Å². The summed E-state index contributed by atoms with van der Waals surface area (Å²) >= 11 is 0. The summed E-state index contributed by atoms with van der Waals surface area (Å²) in [5.41, 5.74) is 0.810. The molecule has 1 saturated heterocycles. The van der Waals surface area contributed by atoms with Gasteiger partial charge in [0.05, 0.1) is 17.7 Å². The molecule has 0 aromatic carbocycles. The Morgan fingerprint density at radius 2 is 2.21 bits per heavy atom. The van der Waals surface area contributed by atoms with E-state index in [4.69, 9.17) is 0 Å². The van der Waals surface area contributed by atoms with Crippen LogP contribution < -0.4 is 0 Å². The number of nitrogens with zero attached hydrogens (tertiary/aromatic N) is 3. The molecule has 1 aliphatic rings. The number of piperidine rings is 1. The summed E-state index contributed by atoms with van der Waals surface area (Å²) in [4.78, 5) is 25.1. The average Bonchev–Trinajstić information content (AvgIpc) is 2.85. The van der Waals surface area contributed by atoms with Crippen LogP contribution in [0, 0.1) is 5.92 Å². The molecule has 6 nitrogen and oxygen atoms in total. The molecule has 0 radical (unpaired) electrons. The molecule has 1 fully saturated rings. The lowest BCUT2D eigenvalue weighted by Gasteiger charge is -2.39. The normalized spacial score (nSPS) is 23.7. The fraction of sp³-hybridized carbons (Fsp3) is 0.615. The Hall–Kier alpha value is -1.85. The Labute approximate surface area is 112 Å². The summed E-state index contributed by atoms with van der Waals surface area (Å²) in [5, 5.41) is 13.6. The van der Waals surface area contributed by atoms with Crippen LogP contribution in [0.5, 0.6) is 0 Å². The molecule has 0 spiro atoms. The number of carbonyl (C=O) groups excluding carboxylic acids is 1. The highest BCUT2D eigenvalue weighted by Gasteiger charge is 2.41. The quantitative estimate of drug-likeness (QED) is 0.890. The zero-order valence-corrected chi connectivity index (χ0v) is 11.2.